The molecule has 0 aliphatic rings. The molecule has 0 aliphatic carbocycles. The van der Waals surface area contributed by atoms with Crippen LogP contribution in [-0.4, -0.2) is 9.79 Å². The standard InChI is InChI=1S/C7H8FO3P.C2H6/c1-5-2-3-6(4-7(5)8)11-12(9)10;1-2/h2-4,9-10H,1H3;1-2H3. The van der Waals surface area contributed by atoms with Crippen LogP contribution in [0.5, 0.6) is 5.75 Å². The van der Waals surface area contributed by atoms with Crippen molar-refractivity contribution in [3.63, 3.8) is 0 Å². The van der Waals surface area contributed by atoms with Crippen LogP contribution in [0.2, 0.25) is 0 Å². The van der Waals surface area contributed by atoms with Gasteiger partial charge < -0.3 is 14.3 Å². The van der Waals surface area contributed by atoms with Crippen LogP contribution in [0.25, 0.3) is 0 Å². The molecule has 0 heterocycles. The van der Waals surface area contributed by atoms with Crippen LogP contribution >= 0.6 is 8.60 Å². The summed E-state index contributed by atoms with van der Waals surface area (Å²) in [7, 11) is -2.47. The zero-order chi connectivity index (χ0) is 11.1. The van der Waals surface area contributed by atoms with Crippen molar-refractivity contribution in [2.24, 2.45) is 0 Å². The van der Waals surface area contributed by atoms with Gasteiger partial charge in [-0.1, -0.05) is 19.9 Å². The molecule has 5 heteroatoms. The summed E-state index contributed by atoms with van der Waals surface area (Å²) in [6.45, 7) is 5.61. The summed E-state index contributed by atoms with van der Waals surface area (Å²) >= 11 is 0. The molecular weight excluding hydrogens is 206 g/mol. The maximum atomic E-state index is 12.8. The summed E-state index contributed by atoms with van der Waals surface area (Å²) in [4.78, 5) is 16.9. The van der Waals surface area contributed by atoms with Gasteiger partial charge in [0.1, 0.15) is 11.6 Å². The van der Waals surface area contributed by atoms with E-state index < -0.39 is 14.4 Å². The van der Waals surface area contributed by atoms with E-state index >= 15 is 0 Å². The molecule has 0 fully saturated rings. The highest BCUT2D eigenvalue weighted by Crippen LogP contribution is 2.29. The largest absolute Gasteiger partial charge is 0.427 e. The average Bonchev–Trinajstić information content (AvgIpc) is 2.14. The molecule has 1 rings (SSSR count). The van der Waals surface area contributed by atoms with E-state index in [1.807, 2.05) is 13.8 Å². The summed E-state index contributed by atoms with van der Waals surface area (Å²) in [5.41, 5.74) is 0.488. The first-order valence-corrected chi connectivity index (χ1v) is 5.38. The molecule has 80 valence electrons. The van der Waals surface area contributed by atoms with Crippen LogP contribution < -0.4 is 4.52 Å². The van der Waals surface area contributed by atoms with Gasteiger partial charge in [-0.3, -0.25) is 0 Å². The van der Waals surface area contributed by atoms with Gasteiger partial charge in [-0.15, -0.1) is 0 Å². The van der Waals surface area contributed by atoms with E-state index in [9.17, 15) is 4.39 Å². The molecule has 0 saturated carbocycles. The van der Waals surface area contributed by atoms with Crippen LogP contribution in [0.1, 0.15) is 19.4 Å². The summed E-state index contributed by atoms with van der Waals surface area (Å²) in [6.07, 6.45) is 0. The summed E-state index contributed by atoms with van der Waals surface area (Å²) in [5, 5.41) is 0. The maximum absolute atomic E-state index is 12.8. The van der Waals surface area contributed by atoms with Crippen molar-refractivity contribution >= 4 is 8.60 Å². The van der Waals surface area contributed by atoms with Gasteiger partial charge in [-0.25, -0.2) is 4.39 Å². The highest BCUT2D eigenvalue weighted by molar-refractivity contribution is 7.39. The van der Waals surface area contributed by atoms with E-state index in [1.165, 1.54) is 12.1 Å². The molecule has 14 heavy (non-hydrogen) atoms. The lowest BCUT2D eigenvalue weighted by Gasteiger charge is -2.05. The van der Waals surface area contributed by atoms with Gasteiger partial charge in [-0.2, -0.15) is 0 Å². The molecule has 3 nitrogen and oxygen atoms in total. The highest BCUT2D eigenvalue weighted by Gasteiger charge is 2.04. The number of benzene rings is 1. The Morgan fingerprint density at radius 1 is 1.29 bits per heavy atom. The summed E-state index contributed by atoms with van der Waals surface area (Å²) < 4.78 is 17.3. The number of rotatable bonds is 2. The first-order chi connectivity index (χ1) is 6.59. The minimum absolute atomic E-state index is 0.120. The van der Waals surface area contributed by atoms with E-state index in [1.54, 1.807) is 6.92 Å². The fourth-order valence-electron chi connectivity index (χ4n) is 0.725. The lowest BCUT2D eigenvalue weighted by atomic mass is 10.2. The Labute approximate surface area is 84.2 Å². The van der Waals surface area contributed by atoms with Gasteiger partial charge >= 0.3 is 8.60 Å². The molecule has 0 saturated heterocycles. The Hall–Kier alpha value is -0.700. The number of hydrogen-bond acceptors (Lipinski definition) is 3. The molecule has 0 bridgehead atoms. The van der Waals surface area contributed by atoms with Gasteiger partial charge in [0.15, 0.2) is 0 Å². The maximum Gasteiger partial charge on any atom is 0.391 e. The monoisotopic (exact) mass is 220 g/mol. The van der Waals surface area contributed by atoms with Gasteiger partial charge in [0.2, 0.25) is 0 Å². The molecule has 1 aromatic rings. The Bertz CT molecular complexity index is 279. The van der Waals surface area contributed by atoms with Crippen molar-refractivity contribution in [3.05, 3.63) is 29.6 Å². The lowest BCUT2D eigenvalue weighted by molar-refractivity contribution is 0.374. The zero-order valence-corrected chi connectivity index (χ0v) is 9.25. The van der Waals surface area contributed by atoms with Gasteiger partial charge in [-0.05, 0) is 18.6 Å². The van der Waals surface area contributed by atoms with Crippen LogP contribution in [0.4, 0.5) is 4.39 Å². The van der Waals surface area contributed by atoms with Crippen molar-refractivity contribution in [2.45, 2.75) is 20.8 Å². The smallest absolute Gasteiger partial charge is 0.391 e. The third-order valence-corrected chi connectivity index (χ3v) is 1.70. The topological polar surface area (TPSA) is 49.7 Å². The van der Waals surface area contributed by atoms with E-state index in [0.717, 1.165) is 6.07 Å². The first-order valence-electron chi connectivity index (χ1n) is 4.21. The first kappa shape index (κ1) is 13.3. The Morgan fingerprint density at radius 3 is 2.29 bits per heavy atom. The van der Waals surface area contributed by atoms with Crippen LogP contribution in [0.15, 0.2) is 18.2 Å². The average molecular weight is 220 g/mol. The molecule has 0 aliphatic heterocycles. The predicted molar refractivity (Wildman–Crippen MR) is 54.5 cm³/mol. The van der Waals surface area contributed by atoms with Crippen LogP contribution in [0, 0.1) is 12.7 Å². The third-order valence-electron chi connectivity index (χ3n) is 1.33. The van der Waals surface area contributed by atoms with Gasteiger partial charge in [0.05, 0.1) is 0 Å². The van der Waals surface area contributed by atoms with E-state index in [2.05, 4.69) is 4.52 Å². The number of halogens is 1. The predicted octanol–water partition coefficient (Wildman–Crippen LogP) is 2.75. The number of hydrogen-bond donors (Lipinski definition) is 2. The minimum atomic E-state index is -2.47. The molecule has 0 aromatic heterocycles. The molecule has 2 N–H and O–H groups in total. The molecule has 0 unspecified atom stereocenters. The fourth-order valence-corrected chi connectivity index (χ4v) is 1.03. The van der Waals surface area contributed by atoms with Crippen molar-refractivity contribution in [1.82, 2.24) is 0 Å². The molecular formula is C9H14FO3P. The van der Waals surface area contributed by atoms with Crippen molar-refractivity contribution in [2.75, 3.05) is 0 Å². The second-order valence-electron chi connectivity index (χ2n) is 2.26. The summed E-state index contributed by atoms with van der Waals surface area (Å²) in [5.74, 6) is -0.307. The Balaban J connectivity index is 0.000000791. The SMILES string of the molecule is CC.Cc1ccc(OP(O)O)cc1F. The Kier molecular flexibility index (Phi) is 6.37. The van der Waals surface area contributed by atoms with Crippen molar-refractivity contribution < 1.29 is 18.7 Å². The zero-order valence-electron chi connectivity index (χ0n) is 8.36. The molecule has 1 aromatic carbocycles. The Morgan fingerprint density at radius 2 is 1.86 bits per heavy atom. The second-order valence-corrected chi connectivity index (χ2v) is 2.94. The highest BCUT2D eigenvalue weighted by atomic mass is 31.2. The second kappa shape index (κ2) is 6.71. The van der Waals surface area contributed by atoms with Crippen molar-refractivity contribution in [1.29, 1.82) is 0 Å². The molecule has 0 radical (unpaired) electrons. The normalized spacial score (nSPS) is 9.36. The number of aryl methyl sites for hydroxylation is 1. The quantitative estimate of drug-likeness (QED) is 0.753. The molecule has 0 spiro atoms. The third kappa shape index (κ3) is 4.51. The van der Waals surface area contributed by atoms with E-state index in [-0.39, 0.29) is 5.75 Å². The molecule has 0 amide bonds. The minimum Gasteiger partial charge on any atom is -0.427 e. The van der Waals surface area contributed by atoms with E-state index in [0.29, 0.717) is 5.56 Å². The van der Waals surface area contributed by atoms with E-state index in [4.69, 9.17) is 9.79 Å². The van der Waals surface area contributed by atoms with Crippen molar-refractivity contribution in [3.8, 4) is 5.75 Å². The molecule has 0 atom stereocenters. The van der Waals surface area contributed by atoms with Gasteiger partial charge in [0, 0.05) is 6.07 Å². The lowest BCUT2D eigenvalue weighted by Crippen LogP contribution is -1.87. The summed E-state index contributed by atoms with van der Waals surface area (Å²) in [6, 6.07) is 4.08. The van der Waals surface area contributed by atoms with Gasteiger partial charge in [0.25, 0.3) is 0 Å². The van der Waals surface area contributed by atoms with Crippen LogP contribution in [-0.2, 0) is 0 Å². The fraction of sp³-hybridized carbons (Fsp3) is 0.333. The van der Waals surface area contributed by atoms with Crippen LogP contribution in [0.3, 0.4) is 0 Å².